The Morgan fingerprint density at radius 3 is 2.25 bits per heavy atom. The summed E-state index contributed by atoms with van der Waals surface area (Å²) in [5.41, 5.74) is 6.68. The largest absolute Gasteiger partial charge is 0.497 e. The minimum absolute atomic E-state index is 0.0116. The van der Waals surface area contributed by atoms with Gasteiger partial charge in [0.15, 0.2) is 11.0 Å². The van der Waals surface area contributed by atoms with Crippen LogP contribution < -0.4 is 10.2 Å². The van der Waals surface area contributed by atoms with Crippen molar-refractivity contribution in [3.05, 3.63) is 94.0 Å². The molecule has 0 unspecified atom stereocenters. The lowest BCUT2D eigenvalue weighted by atomic mass is 9.87. The molecule has 0 radical (unpaired) electrons. The number of nitrogens with zero attached hydrogens (tertiary/aromatic N) is 5. The lowest BCUT2D eigenvalue weighted by Gasteiger charge is -2.19. The van der Waals surface area contributed by atoms with Crippen LogP contribution in [0.3, 0.4) is 0 Å². The molecule has 0 aliphatic carbocycles. The highest BCUT2D eigenvalue weighted by Crippen LogP contribution is 2.30. The van der Waals surface area contributed by atoms with E-state index in [1.807, 2.05) is 41.0 Å². The minimum Gasteiger partial charge on any atom is -0.497 e. The van der Waals surface area contributed by atoms with Gasteiger partial charge in [-0.15, -0.1) is 10.2 Å². The molecule has 1 N–H and O–H groups in total. The second kappa shape index (κ2) is 12.1. The van der Waals surface area contributed by atoms with Crippen molar-refractivity contribution in [2.75, 3.05) is 12.9 Å². The van der Waals surface area contributed by atoms with Crippen LogP contribution in [-0.2, 0) is 10.2 Å². The lowest BCUT2D eigenvalue weighted by molar-refractivity contribution is -0.384. The zero-order chi connectivity index (χ0) is 28.9. The van der Waals surface area contributed by atoms with E-state index in [0.717, 1.165) is 17.0 Å². The minimum atomic E-state index is -0.466. The number of nitro benzene ring substituents is 1. The van der Waals surface area contributed by atoms with Crippen LogP contribution in [0, 0.1) is 10.1 Å². The number of nitro groups is 1. The van der Waals surface area contributed by atoms with E-state index in [4.69, 9.17) is 4.74 Å². The predicted molar refractivity (Wildman–Crippen MR) is 156 cm³/mol. The molecule has 0 aliphatic rings. The first-order valence-electron chi connectivity index (χ1n) is 12.5. The third-order valence-corrected chi connectivity index (χ3v) is 7.08. The van der Waals surface area contributed by atoms with Gasteiger partial charge in [0.25, 0.3) is 11.6 Å². The molecule has 4 rings (SSSR count). The van der Waals surface area contributed by atoms with Crippen molar-refractivity contribution in [2.24, 2.45) is 5.10 Å². The van der Waals surface area contributed by atoms with Gasteiger partial charge in [-0.2, -0.15) is 5.10 Å². The first kappa shape index (κ1) is 28.5. The number of non-ortho nitro benzene ring substituents is 1. The molecular weight excluding hydrogens is 528 g/mol. The Balaban J connectivity index is 1.54. The van der Waals surface area contributed by atoms with Gasteiger partial charge in [-0.05, 0) is 59.9 Å². The number of benzene rings is 3. The molecule has 0 spiro atoms. The molecule has 0 bridgehead atoms. The molecule has 0 fully saturated rings. The van der Waals surface area contributed by atoms with Crippen LogP contribution in [0.15, 0.2) is 83.1 Å². The maximum atomic E-state index is 12.6. The molecule has 40 heavy (non-hydrogen) atoms. The quantitative estimate of drug-likeness (QED) is 0.119. The second-order valence-corrected chi connectivity index (χ2v) is 10.9. The zero-order valence-electron chi connectivity index (χ0n) is 22.9. The van der Waals surface area contributed by atoms with Crippen molar-refractivity contribution in [1.29, 1.82) is 0 Å². The van der Waals surface area contributed by atoms with E-state index in [0.29, 0.717) is 22.3 Å². The standard InChI is InChI=1S/C29H30N6O4S/c1-19(20-8-12-24(13-9-20)35(37)38)30-31-26(36)18-40-28-33-32-27(21-6-10-22(11-7-21)29(2,3)4)34(28)23-14-16-25(39-5)17-15-23/h6-17H,18H2,1-5H3,(H,31,36)/b30-19+. The Bertz CT molecular complexity index is 1520. The van der Waals surface area contributed by atoms with Crippen LogP contribution in [0.5, 0.6) is 5.75 Å². The molecule has 0 saturated carbocycles. The smallest absolute Gasteiger partial charge is 0.269 e. The van der Waals surface area contributed by atoms with Crippen molar-refractivity contribution in [3.63, 3.8) is 0 Å². The van der Waals surface area contributed by atoms with Crippen LogP contribution in [0.1, 0.15) is 38.8 Å². The molecule has 206 valence electrons. The van der Waals surface area contributed by atoms with E-state index >= 15 is 0 Å². The van der Waals surface area contributed by atoms with Gasteiger partial charge >= 0.3 is 0 Å². The first-order chi connectivity index (χ1) is 19.1. The maximum absolute atomic E-state index is 12.6. The summed E-state index contributed by atoms with van der Waals surface area (Å²) in [5, 5.41) is 24.4. The van der Waals surface area contributed by atoms with Crippen LogP contribution >= 0.6 is 11.8 Å². The molecule has 0 aliphatic heterocycles. The number of ether oxygens (including phenoxy) is 1. The van der Waals surface area contributed by atoms with Gasteiger partial charge in [-0.25, -0.2) is 5.43 Å². The van der Waals surface area contributed by atoms with Crippen LogP contribution in [0.4, 0.5) is 5.69 Å². The molecule has 3 aromatic carbocycles. The highest BCUT2D eigenvalue weighted by atomic mass is 32.2. The van der Waals surface area contributed by atoms with Crippen molar-refractivity contribution in [3.8, 4) is 22.8 Å². The van der Waals surface area contributed by atoms with Gasteiger partial charge in [-0.1, -0.05) is 56.8 Å². The van der Waals surface area contributed by atoms with Crippen molar-refractivity contribution >= 4 is 29.1 Å². The zero-order valence-corrected chi connectivity index (χ0v) is 23.7. The van der Waals surface area contributed by atoms with Gasteiger partial charge in [0, 0.05) is 23.4 Å². The average Bonchev–Trinajstić information content (AvgIpc) is 3.38. The van der Waals surface area contributed by atoms with Crippen molar-refractivity contribution in [1.82, 2.24) is 20.2 Å². The summed E-state index contributed by atoms with van der Waals surface area (Å²) in [4.78, 5) is 23.0. The van der Waals surface area contributed by atoms with Gasteiger partial charge in [0.1, 0.15) is 5.75 Å². The van der Waals surface area contributed by atoms with E-state index in [2.05, 4.69) is 53.6 Å². The SMILES string of the molecule is COc1ccc(-n2c(SCC(=O)N/N=C(\C)c3ccc([N+](=O)[O-])cc3)nnc2-c2ccc(C(C)(C)C)cc2)cc1. The predicted octanol–water partition coefficient (Wildman–Crippen LogP) is 5.78. The normalized spacial score (nSPS) is 11.8. The number of thioether (sulfide) groups is 1. The van der Waals surface area contributed by atoms with Gasteiger partial charge in [0.2, 0.25) is 0 Å². The van der Waals surface area contributed by atoms with Gasteiger partial charge in [-0.3, -0.25) is 19.5 Å². The summed E-state index contributed by atoms with van der Waals surface area (Å²) in [6.45, 7) is 8.21. The summed E-state index contributed by atoms with van der Waals surface area (Å²) in [7, 11) is 1.61. The number of hydrazone groups is 1. The van der Waals surface area contributed by atoms with Gasteiger partial charge < -0.3 is 4.74 Å². The number of hydrogen-bond acceptors (Lipinski definition) is 8. The fraction of sp³-hybridized carbons (Fsp3) is 0.241. The molecule has 4 aromatic rings. The fourth-order valence-corrected chi connectivity index (χ4v) is 4.58. The Labute approximate surface area is 236 Å². The third-order valence-electron chi connectivity index (χ3n) is 6.15. The molecule has 10 nitrogen and oxygen atoms in total. The van der Waals surface area contributed by atoms with E-state index < -0.39 is 4.92 Å². The molecule has 11 heteroatoms. The highest BCUT2D eigenvalue weighted by Gasteiger charge is 2.19. The maximum Gasteiger partial charge on any atom is 0.269 e. The summed E-state index contributed by atoms with van der Waals surface area (Å²) < 4.78 is 7.22. The number of carbonyl (C=O) groups is 1. The molecule has 0 atom stereocenters. The second-order valence-electron chi connectivity index (χ2n) is 9.99. The number of methoxy groups -OCH3 is 1. The Morgan fingerprint density at radius 2 is 1.68 bits per heavy atom. The number of rotatable bonds is 9. The summed E-state index contributed by atoms with van der Waals surface area (Å²) >= 11 is 1.24. The van der Waals surface area contributed by atoms with E-state index in [1.54, 1.807) is 26.2 Å². The molecule has 1 heterocycles. The van der Waals surface area contributed by atoms with E-state index in [1.165, 1.54) is 29.5 Å². The highest BCUT2D eigenvalue weighted by molar-refractivity contribution is 7.99. The first-order valence-corrected chi connectivity index (χ1v) is 13.5. The summed E-state index contributed by atoms with van der Waals surface area (Å²) in [5.74, 6) is 1.10. The summed E-state index contributed by atoms with van der Waals surface area (Å²) in [6.07, 6.45) is 0. The lowest BCUT2D eigenvalue weighted by Crippen LogP contribution is -2.21. The molecular formula is C29H30N6O4S. The Hall–Kier alpha value is -4.51. The Kier molecular flexibility index (Phi) is 8.64. The number of aromatic nitrogens is 3. The van der Waals surface area contributed by atoms with E-state index in [-0.39, 0.29) is 22.8 Å². The summed E-state index contributed by atoms with van der Waals surface area (Å²) in [6, 6.07) is 21.8. The number of carbonyl (C=O) groups excluding carboxylic acids is 1. The third kappa shape index (κ3) is 6.73. The average molecular weight is 559 g/mol. The monoisotopic (exact) mass is 558 g/mol. The Morgan fingerprint density at radius 1 is 1.02 bits per heavy atom. The topological polar surface area (TPSA) is 125 Å². The molecule has 0 saturated heterocycles. The van der Waals surface area contributed by atoms with Crippen LogP contribution in [-0.4, -0.2) is 44.2 Å². The van der Waals surface area contributed by atoms with E-state index in [9.17, 15) is 14.9 Å². The molecule has 1 aromatic heterocycles. The number of hydrogen-bond donors (Lipinski definition) is 1. The number of nitrogens with one attached hydrogen (secondary N) is 1. The fourth-order valence-electron chi connectivity index (χ4n) is 3.83. The molecule has 1 amide bonds. The van der Waals surface area contributed by atoms with Crippen molar-refractivity contribution in [2.45, 2.75) is 38.3 Å². The van der Waals surface area contributed by atoms with Crippen LogP contribution in [0.2, 0.25) is 0 Å². The van der Waals surface area contributed by atoms with Crippen molar-refractivity contribution < 1.29 is 14.5 Å². The number of amides is 1. The van der Waals surface area contributed by atoms with Gasteiger partial charge in [0.05, 0.1) is 23.5 Å². The van der Waals surface area contributed by atoms with Crippen LogP contribution in [0.25, 0.3) is 17.1 Å².